The molecule has 5 rings (SSSR count). The lowest BCUT2D eigenvalue weighted by Crippen LogP contribution is -2.43. The number of fused-ring (bicyclic) bond motifs is 1. The highest BCUT2D eigenvalue weighted by molar-refractivity contribution is 5.86. The first-order valence-electron chi connectivity index (χ1n) is 11.3. The molecular formula is C23H31N5O2. The summed E-state index contributed by atoms with van der Waals surface area (Å²) in [5.74, 6) is 1.95. The lowest BCUT2D eigenvalue weighted by molar-refractivity contribution is 0.0239. The van der Waals surface area contributed by atoms with Gasteiger partial charge >= 0.3 is 0 Å². The topological polar surface area (TPSA) is 69.2 Å². The number of nitrogens with zero attached hydrogens (tertiary/aromatic N) is 5. The zero-order valence-electron chi connectivity index (χ0n) is 18.2. The number of hydrogen-bond acceptors (Lipinski definition) is 6. The number of likely N-dealkylation sites (tertiary alicyclic amines) is 1. The van der Waals surface area contributed by atoms with Crippen molar-refractivity contribution in [3.05, 3.63) is 35.3 Å². The molecule has 0 spiro atoms. The maximum Gasteiger partial charge on any atom is 0.291 e. The number of para-hydroxylation sites is 1. The second kappa shape index (κ2) is 8.12. The summed E-state index contributed by atoms with van der Waals surface area (Å²) in [4.78, 5) is 7.41. The lowest BCUT2D eigenvalue weighted by atomic mass is 9.94. The molecule has 30 heavy (non-hydrogen) atoms. The van der Waals surface area contributed by atoms with Crippen LogP contribution in [0.3, 0.4) is 0 Å². The van der Waals surface area contributed by atoms with Gasteiger partial charge in [-0.2, -0.15) is 14.8 Å². The third kappa shape index (κ3) is 3.54. The Morgan fingerprint density at radius 1 is 1.07 bits per heavy atom. The van der Waals surface area contributed by atoms with Crippen LogP contribution in [0.25, 0.3) is 16.9 Å². The zero-order chi connectivity index (χ0) is 20.7. The molecule has 0 N–H and O–H groups in total. The van der Waals surface area contributed by atoms with Crippen molar-refractivity contribution in [1.82, 2.24) is 24.8 Å². The molecule has 0 amide bonds. The Labute approximate surface area is 177 Å². The van der Waals surface area contributed by atoms with Crippen LogP contribution >= 0.6 is 0 Å². The standard InChI is InChI=1S/C23H31N5O2/c1-15(2)20-19-6-4-5-16(3)21(19)28(25-20)23-24-22(30-26-23)17-7-11-27(12-8-17)18-9-13-29-14-10-18/h4-6,15,17-18H,7-14H2,1-3H3. The summed E-state index contributed by atoms with van der Waals surface area (Å²) in [5, 5.41) is 10.3. The number of aromatic nitrogens is 4. The Bertz CT molecular complexity index is 1010. The van der Waals surface area contributed by atoms with Gasteiger partial charge in [-0.1, -0.05) is 32.0 Å². The maximum absolute atomic E-state index is 5.74. The molecule has 7 heteroatoms. The van der Waals surface area contributed by atoms with E-state index >= 15 is 0 Å². The van der Waals surface area contributed by atoms with Gasteiger partial charge in [-0.3, -0.25) is 0 Å². The molecule has 2 fully saturated rings. The minimum absolute atomic E-state index is 0.329. The first-order valence-corrected chi connectivity index (χ1v) is 11.3. The molecule has 1 aromatic carbocycles. The molecule has 0 aliphatic carbocycles. The van der Waals surface area contributed by atoms with Gasteiger partial charge in [0.2, 0.25) is 5.89 Å². The quantitative estimate of drug-likeness (QED) is 0.643. The summed E-state index contributed by atoms with van der Waals surface area (Å²) < 4.78 is 13.1. The van der Waals surface area contributed by atoms with Crippen molar-refractivity contribution in [1.29, 1.82) is 0 Å². The van der Waals surface area contributed by atoms with Crippen LogP contribution in [0.1, 0.15) is 68.5 Å². The fourth-order valence-corrected chi connectivity index (χ4v) is 4.97. The smallest absolute Gasteiger partial charge is 0.291 e. The Morgan fingerprint density at radius 3 is 2.57 bits per heavy atom. The molecule has 2 saturated heterocycles. The highest BCUT2D eigenvalue weighted by atomic mass is 16.5. The first-order chi connectivity index (χ1) is 14.6. The highest BCUT2D eigenvalue weighted by Gasteiger charge is 2.30. The van der Waals surface area contributed by atoms with Gasteiger partial charge in [-0.15, -0.1) is 0 Å². The number of rotatable bonds is 4. The van der Waals surface area contributed by atoms with Crippen LogP contribution in [-0.2, 0) is 4.74 Å². The van der Waals surface area contributed by atoms with Crippen molar-refractivity contribution in [3.8, 4) is 5.95 Å². The second-order valence-corrected chi connectivity index (χ2v) is 9.01. The summed E-state index contributed by atoms with van der Waals surface area (Å²) >= 11 is 0. The fourth-order valence-electron chi connectivity index (χ4n) is 4.97. The van der Waals surface area contributed by atoms with Crippen LogP contribution in [0.15, 0.2) is 22.7 Å². The average molecular weight is 410 g/mol. The molecule has 0 unspecified atom stereocenters. The molecule has 0 radical (unpaired) electrons. The van der Waals surface area contributed by atoms with Gasteiger partial charge in [0.05, 0.1) is 11.2 Å². The highest BCUT2D eigenvalue weighted by Crippen LogP contribution is 2.32. The molecule has 160 valence electrons. The first kappa shape index (κ1) is 19.7. The van der Waals surface area contributed by atoms with Gasteiger partial charge in [-0.25, -0.2) is 0 Å². The fraction of sp³-hybridized carbons (Fsp3) is 0.609. The summed E-state index contributed by atoms with van der Waals surface area (Å²) in [6, 6.07) is 7.00. The van der Waals surface area contributed by atoms with Crippen molar-refractivity contribution >= 4 is 10.9 Å². The molecule has 7 nitrogen and oxygen atoms in total. The van der Waals surface area contributed by atoms with E-state index in [9.17, 15) is 0 Å². The van der Waals surface area contributed by atoms with Crippen molar-refractivity contribution in [2.24, 2.45) is 0 Å². The van der Waals surface area contributed by atoms with Gasteiger partial charge in [-0.05, 0) is 62.3 Å². The summed E-state index contributed by atoms with van der Waals surface area (Å²) in [6.45, 7) is 10.4. The van der Waals surface area contributed by atoms with Crippen LogP contribution < -0.4 is 0 Å². The molecular weight excluding hydrogens is 378 g/mol. The Hall–Kier alpha value is -2.25. The molecule has 4 heterocycles. The Morgan fingerprint density at radius 2 is 1.83 bits per heavy atom. The molecule has 2 aliphatic rings. The van der Waals surface area contributed by atoms with E-state index in [0.29, 0.717) is 23.8 Å². The Balaban J connectivity index is 1.37. The monoisotopic (exact) mass is 409 g/mol. The van der Waals surface area contributed by atoms with Crippen molar-refractivity contribution in [2.45, 2.75) is 64.3 Å². The van der Waals surface area contributed by atoms with Crippen LogP contribution in [-0.4, -0.2) is 57.2 Å². The minimum atomic E-state index is 0.329. The van der Waals surface area contributed by atoms with E-state index in [1.54, 1.807) is 0 Å². The third-order valence-electron chi connectivity index (χ3n) is 6.69. The molecule has 2 aliphatic heterocycles. The Kier molecular flexibility index (Phi) is 5.33. The molecule has 3 aromatic rings. The molecule has 0 bridgehead atoms. The van der Waals surface area contributed by atoms with Crippen molar-refractivity contribution in [3.63, 3.8) is 0 Å². The van der Waals surface area contributed by atoms with Gasteiger partial charge < -0.3 is 14.2 Å². The third-order valence-corrected chi connectivity index (χ3v) is 6.69. The molecule has 2 aromatic heterocycles. The van der Waals surface area contributed by atoms with E-state index in [-0.39, 0.29) is 0 Å². The molecule has 0 saturated carbocycles. The van der Waals surface area contributed by atoms with Gasteiger partial charge in [0.15, 0.2) is 0 Å². The van der Waals surface area contributed by atoms with E-state index < -0.39 is 0 Å². The summed E-state index contributed by atoms with van der Waals surface area (Å²) in [5.41, 5.74) is 3.32. The van der Waals surface area contributed by atoms with Crippen molar-refractivity contribution in [2.75, 3.05) is 26.3 Å². The van der Waals surface area contributed by atoms with Crippen LogP contribution in [0.4, 0.5) is 0 Å². The average Bonchev–Trinajstić information content (AvgIpc) is 3.40. The number of hydrogen-bond donors (Lipinski definition) is 0. The predicted octanol–water partition coefficient (Wildman–Crippen LogP) is 4.20. The zero-order valence-corrected chi connectivity index (χ0v) is 18.2. The minimum Gasteiger partial charge on any atom is -0.381 e. The second-order valence-electron chi connectivity index (χ2n) is 9.01. The normalized spacial score (nSPS) is 19.9. The number of aryl methyl sites for hydroxylation is 1. The van der Waals surface area contributed by atoms with E-state index in [1.807, 2.05) is 4.68 Å². The number of piperidine rings is 1. The van der Waals surface area contributed by atoms with Crippen LogP contribution in [0.5, 0.6) is 0 Å². The van der Waals surface area contributed by atoms with Crippen LogP contribution in [0, 0.1) is 6.92 Å². The van der Waals surface area contributed by atoms with Gasteiger partial charge in [0.1, 0.15) is 0 Å². The lowest BCUT2D eigenvalue weighted by Gasteiger charge is -2.38. The largest absolute Gasteiger partial charge is 0.381 e. The number of ether oxygens (including phenoxy) is 1. The molecule has 0 atom stereocenters. The summed E-state index contributed by atoms with van der Waals surface area (Å²) in [6.07, 6.45) is 4.43. The van der Waals surface area contributed by atoms with Gasteiger partial charge in [0, 0.05) is 30.6 Å². The van der Waals surface area contributed by atoms with Gasteiger partial charge in [0.25, 0.3) is 5.95 Å². The van der Waals surface area contributed by atoms with E-state index in [0.717, 1.165) is 69.1 Å². The summed E-state index contributed by atoms with van der Waals surface area (Å²) in [7, 11) is 0. The van der Waals surface area contributed by atoms with E-state index in [2.05, 4.69) is 49.0 Å². The predicted molar refractivity (Wildman–Crippen MR) is 115 cm³/mol. The van der Waals surface area contributed by atoms with Crippen LogP contribution in [0.2, 0.25) is 0 Å². The van der Waals surface area contributed by atoms with Crippen molar-refractivity contribution < 1.29 is 9.26 Å². The van der Waals surface area contributed by atoms with E-state index in [4.69, 9.17) is 19.3 Å². The number of benzene rings is 1. The SMILES string of the molecule is Cc1cccc2c(C(C)C)nn(-c3noc(C4CCN(C5CCOCC5)CC4)n3)c12. The maximum atomic E-state index is 5.74. The van der Waals surface area contributed by atoms with E-state index in [1.165, 1.54) is 10.9 Å².